The summed E-state index contributed by atoms with van der Waals surface area (Å²) in [4.78, 5) is 18.3. The van der Waals surface area contributed by atoms with Gasteiger partial charge in [-0.3, -0.25) is 9.69 Å². The van der Waals surface area contributed by atoms with Gasteiger partial charge in [-0.15, -0.1) is 0 Å². The van der Waals surface area contributed by atoms with E-state index in [9.17, 15) is 9.90 Å². The van der Waals surface area contributed by atoms with Crippen LogP contribution in [0.25, 0.3) is 11.0 Å². The maximum absolute atomic E-state index is 11.5. The second-order valence-electron chi connectivity index (χ2n) is 6.70. The summed E-state index contributed by atoms with van der Waals surface area (Å²) in [7, 11) is 0. The number of rotatable bonds is 5. The molecule has 1 atom stereocenters. The van der Waals surface area contributed by atoms with Gasteiger partial charge in [-0.1, -0.05) is 35.9 Å². The van der Waals surface area contributed by atoms with Crippen LogP contribution in [0, 0.1) is 0 Å². The molecule has 0 saturated carbocycles. The van der Waals surface area contributed by atoms with Gasteiger partial charge in [0.25, 0.3) is 0 Å². The molecule has 6 heteroatoms. The molecule has 1 aliphatic rings. The number of hydrogen-bond acceptors (Lipinski definition) is 3. The Morgan fingerprint density at radius 2 is 1.92 bits per heavy atom. The van der Waals surface area contributed by atoms with E-state index in [0.29, 0.717) is 24.5 Å². The summed E-state index contributed by atoms with van der Waals surface area (Å²) in [5.74, 6) is 0.150. The van der Waals surface area contributed by atoms with Crippen LogP contribution < -0.4 is 0 Å². The molecule has 1 aliphatic heterocycles. The van der Waals surface area contributed by atoms with Gasteiger partial charge >= 0.3 is 5.97 Å². The van der Waals surface area contributed by atoms with Crippen LogP contribution in [0.15, 0.2) is 48.5 Å². The van der Waals surface area contributed by atoms with Gasteiger partial charge in [-0.25, -0.2) is 4.98 Å². The number of benzene rings is 2. The van der Waals surface area contributed by atoms with E-state index in [1.807, 2.05) is 47.4 Å². The van der Waals surface area contributed by atoms with E-state index in [2.05, 4.69) is 10.6 Å². The maximum atomic E-state index is 11.5. The lowest BCUT2D eigenvalue weighted by molar-refractivity contribution is -0.142. The Hall–Kier alpha value is -2.37. The number of aliphatic carboxylic acids is 1. The van der Waals surface area contributed by atoms with Crippen LogP contribution >= 0.6 is 11.6 Å². The van der Waals surface area contributed by atoms with Crippen LogP contribution in [0.2, 0.25) is 5.02 Å². The normalized spacial score (nSPS) is 17.8. The van der Waals surface area contributed by atoms with Crippen molar-refractivity contribution in [2.24, 2.45) is 0 Å². The third kappa shape index (κ3) is 3.32. The molecule has 2 heterocycles. The summed E-state index contributed by atoms with van der Waals surface area (Å²) in [6, 6.07) is 15.4. The number of carboxylic acids is 1. The van der Waals surface area contributed by atoms with E-state index < -0.39 is 12.0 Å². The number of carbonyl (C=O) groups is 1. The molecule has 3 aromatic rings. The standard InChI is InChI=1S/C20H20ClN3O2/c21-15-9-7-14(8-10-15)12-24-17-5-2-1-4-16(17)22-19(24)13-23-11-3-6-18(23)20(25)26/h1-2,4-5,7-10,18H,3,6,11-13H2,(H,25,26). The van der Waals surface area contributed by atoms with Crippen molar-refractivity contribution in [2.75, 3.05) is 6.54 Å². The predicted octanol–water partition coefficient (Wildman–Crippen LogP) is 3.79. The highest BCUT2D eigenvalue weighted by atomic mass is 35.5. The number of halogens is 1. The Kier molecular flexibility index (Phi) is 4.66. The Morgan fingerprint density at radius 3 is 2.69 bits per heavy atom. The molecule has 4 rings (SSSR count). The minimum Gasteiger partial charge on any atom is -0.480 e. The van der Waals surface area contributed by atoms with Gasteiger partial charge in [-0.2, -0.15) is 0 Å². The van der Waals surface area contributed by atoms with E-state index in [4.69, 9.17) is 16.6 Å². The average molecular weight is 370 g/mol. The molecule has 2 aromatic carbocycles. The Balaban J connectivity index is 1.69. The van der Waals surface area contributed by atoms with Crippen molar-refractivity contribution in [3.05, 3.63) is 64.9 Å². The summed E-state index contributed by atoms with van der Waals surface area (Å²) in [6.45, 7) is 2.01. The Morgan fingerprint density at radius 1 is 1.15 bits per heavy atom. The molecular weight excluding hydrogens is 350 g/mol. The fourth-order valence-corrected chi connectivity index (χ4v) is 3.80. The maximum Gasteiger partial charge on any atom is 0.320 e. The highest BCUT2D eigenvalue weighted by Crippen LogP contribution is 2.24. The van der Waals surface area contributed by atoms with Crippen molar-refractivity contribution in [1.82, 2.24) is 14.5 Å². The zero-order chi connectivity index (χ0) is 18.1. The molecule has 0 spiro atoms. The number of nitrogens with zero attached hydrogens (tertiary/aromatic N) is 3. The molecular formula is C20H20ClN3O2. The zero-order valence-electron chi connectivity index (χ0n) is 14.3. The van der Waals surface area contributed by atoms with Crippen molar-refractivity contribution in [1.29, 1.82) is 0 Å². The highest BCUT2D eigenvalue weighted by Gasteiger charge is 2.31. The number of imidazole rings is 1. The van der Waals surface area contributed by atoms with Gasteiger partial charge in [0.2, 0.25) is 0 Å². The lowest BCUT2D eigenvalue weighted by Gasteiger charge is -2.21. The lowest BCUT2D eigenvalue weighted by Crippen LogP contribution is -2.36. The number of carboxylic acid groups (broad SMARTS) is 1. The second kappa shape index (κ2) is 7.09. The summed E-state index contributed by atoms with van der Waals surface area (Å²) in [6.07, 6.45) is 1.61. The molecule has 1 aromatic heterocycles. The third-order valence-electron chi connectivity index (χ3n) is 4.98. The first-order valence-electron chi connectivity index (χ1n) is 8.77. The first-order valence-corrected chi connectivity index (χ1v) is 9.15. The van der Waals surface area contributed by atoms with Crippen LogP contribution in [-0.2, 0) is 17.9 Å². The number of aromatic nitrogens is 2. The van der Waals surface area contributed by atoms with E-state index in [1.165, 1.54) is 0 Å². The number of likely N-dealkylation sites (tertiary alicyclic amines) is 1. The van der Waals surface area contributed by atoms with Crippen molar-refractivity contribution in [3.8, 4) is 0 Å². The SMILES string of the molecule is O=C(O)C1CCCN1Cc1nc2ccccc2n1Cc1ccc(Cl)cc1. The highest BCUT2D eigenvalue weighted by molar-refractivity contribution is 6.30. The summed E-state index contributed by atoms with van der Waals surface area (Å²) < 4.78 is 2.18. The van der Waals surface area contributed by atoms with E-state index in [-0.39, 0.29) is 0 Å². The lowest BCUT2D eigenvalue weighted by atomic mass is 10.2. The minimum atomic E-state index is -0.747. The van der Waals surface area contributed by atoms with Crippen molar-refractivity contribution in [2.45, 2.75) is 32.0 Å². The molecule has 1 unspecified atom stereocenters. The first kappa shape index (κ1) is 17.1. The summed E-state index contributed by atoms with van der Waals surface area (Å²) >= 11 is 6.00. The topological polar surface area (TPSA) is 58.4 Å². The van der Waals surface area contributed by atoms with Gasteiger partial charge in [0.15, 0.2) is 0 Å². The quantitative estimate of drug-likeness (QED) is 0.743. The predicted molar refractivity (Wildman–Crippen MR) is 101 cm³/mol. The van der Waals surface area contributed by atoms with E-state index in [0.717, 1.165) is 35.4 Å². The number of para-hydroxylation sites is 2. The second-order valence-corrected chi connectivity index (χ2v) is 7.13. The van der Waals surface area contributed by atoms with Gasteiger partial charge in [0, 0.05) is 11.6 Å². The average Bonchev–Trinajstić information content (AvgIpc) is 3.22. The van der Waals surface area contributed by atoms with Gasteiger partial charge < -0.3 is 9.67 Å². The van der Waals surface area contributed by atoms with Crippen LogP contribution in [-0.4, -0.2) is 38.1 Å². The van der Waals surface area contributed by atoms with Crippen molar-refractivity contribution in [3.63, 3.8) is 0 Å². The minimum absolute atomic E-state index is 0.418. The van der Waals surface area contributed by atoms with Crippen molar-refractivity contribution >= 4 is 28.6 Å². The number of fused-ring (bicyclic) bond motifs is 1. The summed E-state index contributed by atoms with van der Waals surface area (Å²) in [5, 5.41) is 10.2. The fourth-order valence-electron chi connectivity index (χ4n) is 3.67. The van der Waals surface area contributed by atoms with Gasteiger partial charge in [-0.05, 0) is 49.2 Å². The van der Waals surface area contributed by atoms with Crippen LogP contribution in [0.1, 0.15) is 24.2 Å². The molecule has 0 bridgehead atoms. The molecule has 26 heavy (non-hydrogen) atoms. The molecule has 5 nitrogen and oxygen atoms in total. The molecule has 1 N–H and O–H groups in total. The molecule has 0 radical (unpaired) electrons. The van der Waals surface area contributed by atoms with Crippen LogP contribution in [0.4, 0.5) is 0 Å². The zero-order valence-corrected chi connectivity index (χ0v) is 15.1. The van der Waals surface area contributed by atoms with Gasteiger partial charge in [0.1, 0.15) is 11.9 Å². The van der Waals surface area contributed by atoms with Crippen LogP contribution in [0.3, 0.4) is 0 Å². The molecule has 1 fully saturated rings. The van der Waals surface area contributed by atoms with E-state index in [1.54, 1.807) is 0 Å². The number of hydrogen-bond donors (Lipinski definition) is 1. The monoisotopic (exact) mass is 369 g/mol. The van der Waals surface area contributed by atoms with Crippen molar-refractivity contribution < 1.29 is 9.90 Å². The smallest absolute Gasteiger partial charge is 0.320 e. The van der Waals surface area contributed by atoms with Gasteiger partial charge in [0.05, 0.1) is 17.6 Å². The molecule has 134 valence electrons. The fraction of sp³-hybridized carbons (Fsp3) is 0.300. The van der Waals surface area contributed by atoms with Crippen LogP contribution in [0.5, 0.6) is 0 Å². The molecule has 0 amide bonds. The molecule has 1 saturated heterocycles. The summed E-state index contributed by atoms with van der Waals surface area (Å²) in [5.41, 5.74) is 3.13. The van der Waals surface area contributed by atoms with E-state index >= 15 is 0 Å². The first-order chi connectivity index (χ1) is 12.6. The Bertz CT molecular complexity index is 936. The third-order valence-corrected chi connectivity index (χ3v) is 5.23. The Labute approximate surface area is 156 Å². The largest absolute Gasteiger partial charge is 0.480 e. The molecule has 0 aliphatic carbocycles.